The Bertz CT molecular complexity index is 637. The van der Waals surface area contributed by atoms with Gasteiger partial charge in [0.15, 0.2) is 0 Å². The van der Waals surface area contributed by atoms with Gasteiger partial charge in [0.05, 0.1) is 12.0 Å². The molecule has 0 amide bonds. The third-order valence-electron chi connectivity index (χ3n) is 7.49. The summed E-state index contributed by atoms with van der Waals surface area (Å²) in [6, 6.07) is 0. The van der Waals surface area contributed by atoms with Crippen LogP contribution in [-0.2, 0) is 4.79 Å². The Morgan fingerprint density at radius 2 is 1.97 bits per heavy atom. The van der Waals surface area contributed by atoms with E-state index in [1.165, 1.54) is 24.8 Å². The van der Waals surface area contributed by atoms with E-state index in [9.17, 15) is 15.0 Å². The highest BCUT2D eigenvalue weighted by molar-refractivity contribution is 5.66. The summed E-state index contributed by atoms with van der Waals surface area (Å²) in [6.45, 7) is 2.19. The summed E-state index contributed by atoms with van der Waals surface area (Å²) in [7, 11) is 0. The van der Waals surface area contributed by atoms with Gasteiger partial charge in [0, 0.05) is 6.42 Å². The Morgan fingerprint density at radius 1 is 1.21 bits per heavy atom. The molecule has 3 fully saturated rings. The smallest absolute Gasteiger partial charge is 0.303 e. The Hall–Kier alpha value is -1.31. The van der Waals surface area contributed by atoms with Gasteiger partial charge in [-0.2, -0.15) is 0 Å². The van der Waals surface area contributed by atoms with Gasteiger partial charge in [-0.15, -0.1) is 0 Å². The van der Waals surface area contributed by atoms with E-state index in [2.05, 4.69) is 24.8 Å². The van der Waals surface area contributed by atoms with Crippen molar-refractivity contribution in [3.05, 3.63) is 11.6 Å². The van der Waals surface area contributed by atoms with E-state index in [-0.39, 0.29) is 18.3 Å². The van der Waals surface area contributed by atoms with Crippen molar-refractivity contribution in [2.24, 2.45) is 29.6 Å². The maximum atomic E-state index is 10.9. The molecular formula is C25H38O4. The van der Waals surface area contributed by atoms with E-state index >= 15 is 0 Å². The normalized spacial score (nSPS) is 34.6. The van der Waals surface area contributed by atoms with Crippen LogP contribution in [-0.4, -0.2) is 33.5 Å². The summed E-state index contributed by atoms with van der Waals surface area (Å²) in [4.78, 5) is 10.9. The van der Waals surface area contributed by atoms with E-state index in [0.29, 0.717) is 24.2 Å². The van der Waals surface area contributed by atoms with Gasteiger partial charge in [-0.25, -0.2) is 0 Å². The van der Waals surface area contributed by atoms with Crippen LogP contribution in [0.2, 0.25) is 0 Å². The highest BCUT2D eigenvalue weighted by Crippen LogP contribution is 2.57. The maximum Gasteiger partial charge on any atom is 0.303 e. The minimum atomic E-state index is -0.748. The predicted molar refractivity (Wildman–Crippen MR) is 114 cm³/mol. The van der Waals surface area contributed by atoms with Crippen molar-refractivity contribution < 1.29 is 20.1 Å². The number of aliphatic hydroxyl groups is 2. The number of allylic oxidation sites excluding steroid dienone is 2. The third kappa shape index (κ3) is 5.44. The second-order valence-electron chi connectivity index (χ2n) is 9.37. The standard InChI is InChI=1S/C25H38O4/c1-2-3-10-19-18(11-7-12-24(28)29)20-13-16-23(27)21(25(19)20)14-15-22(26)17-8-5-4-6-9-17/h11,17,19-23,25-27H,2-10,12-13,16H2,1H3,(H,28,29)/t19?,20-,21+,22?,23-,25+/m1/s1. The summed E-state index contributed by atoms with van der Waals surface area (Å²) in [5.41, 5.74) is 1.41. The number of carboxylic acid groups (broad SMARTS) is 1. The monoisotopic (exact) mass is 402 g/mol. The average Bonchev–Trinajstić information content (AvgIpc) is 2.71. The van der Waals surface area contributed by atoms with Crippen LogP contribution < -0.4 is 0 Å². The Kier molecular flexibility index (Phi) is 8.21. The molecule has 3 aliphatic rings. The van der Waals surface area contributed by atoms with Gasteiger partial charge < -0.3 is 15.3 Å². The molecular weight excluding hydrogens is 364 g/mol. The summed E-state index contributed by atoms with van der Waals surface area (Å²) >= 11 is 0. The summed E-state index contributed by atoms with van der Waals surface area (Å²) in [5.74, 6) is 7.14. The van der Waals surface area contributed by atoms with Crippen LogP contribution in [0, 0.1) is 41.4 Å². The number of hydrogen-bond acceptors (Lipinski definition) is 3. The van der Waals surface area contributed by atoms with Crippen LogP contribution in [0.25, 0.3) is 0 Å². The van der Waals surface area contributed by atoms with Gasteiger partial charge in [0.2, 0.25) is 0 Å². The van der Waals surface area contributed by atoms with Crippen molar-refractivity contribution in [1.29, 1.82) is 0 Å². The molecule has 0 aromatic rings. The van der Waals surface area contributed by atoms with Crippen LogP contribution >= 0.6 is 0 Å². The number of fused-ring (bicyclic) bond motifs is 1. The molecule has 0 heterocycles. The van der Waals surface area contributed by atoms with Crippen molar-refractivity contribution in [2.45, 2.75) is 96.2 Å². The van der Waals surface area contributed by atoms with Crippen LogP contribution in [0.3, 0.4) is 0 Å². The molecule has 4 heteroatoms. The minimum absolute atomic E-state index is 0.0644. The van der Waals surface area contributed by atoms with Crippen LogP contribution in [0.1, 0.15) is 84.0 Å². The van der Waals surface area contributed by atoms with Gasteiger partial charge in [-0.3, -0.25) is 4.79 Å². The lowest BCUT2D eigenvalue weighted by molar-refractivity contribution is -0.136. The number of carboxylic acids is 1. The lowest BCUT2D eigenvalue weighted by Crippen LogP contribution is -2.51. The van der Waals surface area contributed by atoms with E-state index in [4.69, 9.17) is 5.11 Å². The molecule has 3 rings (SSSR count). The summed E-state index contributed by atoms with van der Waals surface area (Å²) in [6.07, 6.45) is 12.8. The first-order valence-corrected chi connectivity index (χ1v) is 11.8. The molecule has 2 unspecified atom stereocenters. The van der Waals surface area contributed by atoms with Crippen molar-refractivity contribution in [1.82, 2.24) is 0 Å². The number of carbonyl (C=O) groups is 1. The maximum absolute atomic E-state index is 10.9. The van der Waals surface area contributed by atoms with Gasteiger partial charge in [-0.05, 0) is 62.2 Å². The fourth-order valence-electron chi connectivity index (χ4n) is 5.92. The molecule has 6 atom stereocenters. The van der Waals surface area contributed by atoms with Gasteiger partial charge in [0.25, 0.3) is 0 Å². The predicted octanol–water partition coefficient (Wildman–Crippen LogP) is 4.55. The first-order chi connectivity index (χ1) is 14.0. The highest BCUT2D eigenvalue weighted by atomic mass is 16.4. The second kappa shape index (κ2) is 10.6. The van der Waals surface area contributed by atoms with E-state index < -0.39 is 18.2 Å². The molecule has 0 radical (unpaired) electrons. The molecule has 0 aromatic carbocycles. The molecule has 0 aromatic heterocycles. The largest absolute Gasteiger partial charge is 0.481 e. The number of aliphatic hydroxyl groups excluding tert-OH is 2. The fourth-order valence-corrected chi connectivity index (χ4v) is 5.92. The number of unbranched alkanes of at least 4 members (excludes halogenated alkanes) is 1. The van der Waals surface area contributed by atoms with Crippen molar-refractivity contribution >= 4 is 5.97 Å². The minimum Gasteiger partial charge on any atom is -0.481 e. The number of aliphatic carboxylic acids is 1. The second-order valence-corrected chi connectivity index (χ2v) is 9.37. The first-order valence-electron chi connectivity index (χ1n) is 11.8. The molecule has 0 saturated heterocycles. The lowest BCUT2D eigenvalue weighted by Gasteiger charge is -2.55. The summed E-state index contributed by atoms with van der Waals surface area (Å²) in [5, 5.41) is 30.2. The quantitative estimate of drug-likeness (QED) is 0.431. The van der Waals surface area contributed by atoms with Crippen molar-refractivity contribution in [2.75, 3.05) is 0 Å². The van der Waals surface area contributed by atoms with Gasteiger partial charge in [0.1, 0.15) is 6.10 Å². The zero-order valence-electron chi connectivity index (χ0n) is 17.9. The van der Waals surface area contributed by atoms with E-state index in [1.54, 1.807) is 0 Å². The van der Waals surface area contributed by atoms with Crippen LogP contribution in [0.4, 0.5) is 0 Å². The van der Waals surface area contributed by atoms with Crippen molar-refractivity contribution in [3.8, 4) is 11.8 Å². The molecule has 3 N–H and O–H groups in total. The van der Waals surface area contributed by atoms with Gasteiger partial charge in [-0.1, -0.05) is 62.5 Å². The fraction of sp³-hybridized carbons (Fsp3) is 0.800. The SMILES string of the molecule is CCCCC1C(=CCCC(=O)O)[C@H]2CC[C@@H](O)[C@H](C#CC(O)C3CCCCC3)[C@@H]12. The molecule has 4 nitrogen and oxygen atoms in total. The molecule has 0 aliphatic heterocycles. The summed E-state index contributed by atoms with van der Waals surface area (Å²) < 4.78 is 0. The lowest BCUT2D eigenvalue weighted by atomic mass is 9.50. The topological polar surface area (TPSA) is 77.8 Å². The Balaban J connectivity index is 1.72. The molecule has 3 aliphatic carbocycles. The zero-order chi connectivity index (χ0) is 20.8. The number of rotatable bonds is 7. The van der Waals surface area contributed by atoms with Crippen molar-refractivity contribution in [3.63, 3.8) is 0 Å². The third-order valence-corrected chi connectivity index (χ3v) is 7.49. The highest BCUT2D eigenvalue weighted by Gasteiger charge is 2.52. The van der Waals surface area contributed by atoms with Crippen LogP contribution in [0.5, 0.6) is 0 Å². The number of hydrogen-bond donors (Lipinski definition) is 3. The zero-order valence-corrected chi connectivity index (χ0v) is 17.9. The Labute approximate surface area is 175 Å². The molecule has 0 spiro atoms. The molecule has 3 saturated carbocycles. The van der Waals surface area contributed by atoms with Gasteiger partial charge >= 0.3 is 5.97 Å². The van der Waals surface area contributed by atoms with E-state index in [1.807, 2.05) is 0 Å². The first kappa shape index (κ1) is 22.4. The van der Waals surface area contributed by atoms with Crippen LogP contribution in [0.15, 0.2) is 11.6 Å². The Morgan fingerprint density at radius 3 is 2.66 bits per heavy atom. The average molecular weight is 403 g/mol. The molecule has 29 heavy (non-hydrogen) atoms. The molecule has 0 bridgehead atoms. The van der Waals surface area contributed by atoms with E-state index in [0.717, 1.165) is 44.9 Å². The molecule has 162 valence electrons.